The van der Waals surface area contributed by atoms with Crippen molar-refractivity contribution in [1.82, 2.24) is 15.5 Å². The van der Waals surface area contributed by atoms with Crippen LogP contribution < -0.4 is 10.6 Å². The predicted octanol–water partition coefficient (Wildman–Crippen LogP) is 2.78. The molecule has 0 bridgehead atoms. The van der Waals surface area contributed by atoms with Crippen molar-refractivity contribution >= 4 is 29.9 Å². The first-order valence-corrected chi connectivity index (χ1v) is 8.30. The summed E-state index contributed by atoms with van der Waals surface area (Å²) in [6, 6.07) is 3.68. The van der Waals surface area contributed by atoms with Crippen molar-refractivity contribution < 1.29 is 8.78 Å². The van der Waals surface area contributed by atoms with Crippen LogP contribution in [0.1, 0.15) is 24.8 Å². The number of halogens is 3. The van der Waals surface area contributed by atoms with Crippen molar-refractivity contribution in [2.75, 3.05) is 39.8 Å². The quantitative estimate of drug-likeness (QED) is 0.396. The molecule has 0 spiro atoms. The van der Waals surface area contributed by atoms with E-state index in [0.29, 0.717) is 24.5 Å². The van der Waals surface area contributed by atoms with Gasteiger partial charge in [-0.15, -0.1) is 24.0 Å². The molecule has 1 saturated heterocycles. The second-order valence-corrected chi connectivity index (χ2v) is 5.81. The molecule has 1 aromatic rings. The summed E-state index contributed by atoms with van der Waals surface area (Å²) in [5.41, 5.74) is 0.502. The number of piperidine rings is 1. The maximum atomic E-state index is 13.5. The van der Waals surface area contributed by atoms with Crippen LogP contribution in [-0.2, 0) is 6.42 Å². The number of benzene rings is 1. The zero-order valence-electron chi connectivity index (χ0n) is 14.2. The van der Waals surface area contributed by atoms with E-state index in [9.17, 15) is 8.78 Å². The number of nitrogens with zero attached hydrogens (tertiary/aromatic N) is 2. The normalized spacial score (nSPS) is 15.7. The van der Waals surface area contributed by atoms with Gasteiger partial charge in [0.25, 0.3) is 0 Å². The number of likely N-dealkylation sites (tertiary alicyclic amines) is 1. The minimum atomic E-state index is -0.547. The third kappa shape index (κ3) is 7.29. The number of hydrogen-bond donors (Lipinski definition) is 2. The summed E-state index contributed by atoms with van der Waals surface area (Å²) in [5.74, 6) is -0.334. The molecule has 1 aromatic carbocycles. The highest BCUT2D eigenvalue weighted by atomic mass is 127. The monoisotopic (exact) mass is 452 g/mol. The average molecular weight is 452 g/mol. The molecule has 0 radical (unpaired) electrons. The van der Waals surface area contributed by atoms with E-state index in [1.54, 1.807) is 7.05 Å². The van der Waals surface area contributed by atoms with Crippen molar-refractivity contribution in [2.24, 2.45) is 4.99 Å². The molecule has 1 fully saturated rings. The summed E-state index contributed by atoms with van der Waals surface area (Å²) >= 11 is 0. The fourth-order valence-electron chi connectivity index (χ4n) is 2.78. The lowest BCUT2D eigenvalue weighted by molar-refractivity contribution is 0.232. The van der Waals surface area contributed by atoms with Gasteiger partial charge in [-0.1, -0.05) is 12.5 Å². The standard InChI is InChI=1S/C17H26F2N4.HI/c1-20-17(22-9-12-23-10-3-2-4-11-23)21-8-7-14-5-6-15(18)13-16(14)19;/h5-6,13H,2-4,7-12H2,1H3,(H2,20,21,22);1H. The first-order chi connectivity index (χ1) is 11.2. The van der Waals surface area contributed by atoms with E-state index in [1.165, 1.54) is 44.5 Å². The molecular weight excluding hydrogens is 425 g/mol. The molecule has 1 aliphatic rings. The highest BCUT2D eigenvalue weighted by Crippen LogP contribution is 2.09. The summed E-state index contributed by atoms with van der Waals surface area (Å²) in [5, 5.41) is 6.43. The van der Waals surface area contributed by atoms with Gasteiger partial charge in [0.15, 0.2) is 5.96 Å². The number of aliphatic imine (C=N–C) groups is 1. The Morgan fingerprint density at radius 3 is 2.50 bits per heavy atom. The summed E-state index contributed by atoms with van der Waals surface area (Å²) in [7, 11) is 1.72. The second kappa shape index (κ2) is 11.6. The molecule has 136 valence electrons. The van der Waals surface area contributed by atoms with Crippen LogP contribution in [0, 0.1) is 11.6 Å². The van der Waals surface area contributed by atoms with E-state index in [4.69, 9.17) is 0 Å². The molecule has 0 unspecified atom stereocenters. The Balaban J connectivity index is 0.00000288. The molecule has 24 heavy (non-hydrogen) atoms. The van der Waals surface area contributed by atoms with Gasteiger partial charge in [0, 0.05) is 32.7 Å². The molecule has 0 aromatic heterocycles. The zero-order chi connectivity index (χ0) is 16.5. The van der Waals surface area contributed by atoms with Crippen LogP contribution in [0.2, 0.25) is 0 Å². The third-order valence-electron chi connectivity index (χ3n) is 4.09. The van der Waals surface area contributed by atoms with Gasteiger partial charge in [0.05, 0.1) is 0 Å². The summed E-state index contributed by atoms with van der Waals surface area (Å²) in [4.78, 5) is 6.62. The van der Waals surface area contributed by atoms with Crippen LogP contribution in [0.3, 0.4) is 0 Å². The van der Waals surface area contributed by atoms with Crippen molar-refractivity contribution in [3.05, 3.63) is 35.4 Å². The van der Waals surface area contributed by atoms with Gasteiger partial charge in [0.1, 0.15) is 11.6 Å². The van der Waals surface area contributed by atoms with Crippen molar-refractivity contribution in [2.45, 2.75) is 25.7 Å². The van der Waals surface area contributed by atoms with Crippen LogP contribution in [0.5, 0.6) is 0 Å². The first-order valence-electron chi connectivity index (χ1n) is 8.30. The summed E-state index contributed by atoms with van der Waals surface area (Å²) < 4.78 is 26.4. The molecule has 1 heterocycles. The topological polar surface area (TPSA) is 39.7 Å². The number of guanidine groups is 1. The van der Waals surface area contributed by atoms with E-state index in [-0.39, 0.29) is 24.0 Å². The highest BCUT2D eigenvalue weighted by Gasteiger charge is 2.09. The number of hydrogen-bond acceptors (Lipinski definition) is 2. The second-order valence-electron chi connectivity index (χ2n) is 5.81. The van der Waals surface area contributed by atoms with E-state index in [0.717, 1.165) is 19.2 Å². The Labute approximate surface area is 160 Å². The molecule has 0 atom stereocenters. The Morgan fingerprint density at radius 2 is 1.83 bits per heavy atom. The molecule has 0 aliphatic carbocycles. The molecule has 0 saturated carbocycles. The van der Waals surface area contributed by atoms with Gasteiger partial charge in [-0.3, -0.25) is 4.99 Å². The Morgan fingerprint density at radius 1 is 1.12 bits per heavy atom. The minimum absolute atomic E-state index is 0. The zero-order valence-corrected chi connectivity index (χ0v) is 16.5. The molecule has 1 aliphatic heterocycles. The average Bonchev–Trinajstić information content (AvgIpc) is 2.56. The van der Waals surface area contributed by atoms with E-state index < -0.39 is 11.6 Å². The van der Waals surface area contributed by atoms with E-state index in [2.05, 4.69) is 20.5 Å². The van der Waals surface area contributed by atoms with E-state index in [1.807, 2.05) is 0 Å². The molecule has 4 nitrogen and oxygen atoms in total. The molecular formula is C17H27F2IN4. The third-order valence-corrected chi connectivity index (χ3v) is 4.09. The maximum Gasteiger partial charge on any atom is 0.191 e. The fraction of sp³-hybridized carbons (Fsp3) is 0.588. The van der Waals surface area contributed by atoms with Crippen molar-refractivity contribution in [1.29, 1.82) is 0 Å². The SMILES string of the molecule is CN=C(NCCc1ccc(F)cc1F)NCCN1CCCCC1.I. The van der Waals surface area contributed by atoms with Crippen LogP contribution in [0.25, 0.3) is 0 Å². The van der Waals surface area contributed by atoms with Crippen molar-refractivity contribution in [3.63, 3.8) is 0 Å². The maximum absolute atomic E-state index is 13.5. The number of rotatable bonds is 6. The van der Waals surface area contributed by atoms with E-state index >= 15 is 0 Å². The Bertz CT molecular complexity index is 519. The van der Waals surface area contributed by atoms with Gasteiger partial charge in [0.2, 0.25) is 0 Å². The Kier molecular flexibility index (Phi) is 10.2. The molecule has 7 heteroatoms. The largest absolute Gasteiger partial charge is 0.356 e. The van der Waals surface area contributed by atoms with Gasteiger partial charge < -0.3 is 15.5 Å². The predicted molar refractivity (Wildman–Crippen MR) is 105 cm³/mol. The molecule has 2 rings (SSSR count). The lowest BCUT2D eigenvalue weighted by atomic mass is 10.1. The molecule has 2 N–H and O–H groups in total. The lowest BCUT2D eigenvalue weighted by Crippen LogP contribution is -2.43. The van der Waals surface area contributed by atoms with Gasteiger partial charge in [-0.25, -0.2) is 8.78 Å². The van der Waals surface area contributed by atoms with Crippen molar-refractivity contribution in [3.8, 4) is 0 Å². The van der Waals surface area contributed by atoms with Gasteiger partial charge >= 0.3 is 0 Å². The van der Waals surface area contributed by atoms with Crippen LogP contribution in [-0.4, -0.2) is 50.6 Å². The highest BCUT2D eigenvalue weighted by molar-refractivity contribution is 14.0. The summed E-state index contributed by atoms with van der Waals surface area (Å²) in [6.45, 7) is 4.75. The lowest BCUT2D eigenvalue weighted by Gasteiger charge is -2.26. The number of nitrogens with one attached hydrogen (secondary N) is 2. The first kappa shape index (κ1) is 21.1. The minimum Gasteiger partial charge on any atom is -0.356 e. The van der Waals surface area contributed by atoms with Crippen LogP contribution >= 0.6 is 24.0 Å². The smallest absolute Gasteiger partial charge is 0.191 e. The van der Waals surface area contributed by atoms with Crippen LogP contribution in [0.4, 0.5) is 8.78 Å². The summed E-state index contributed by atoms with van der Waals surface area (Å²) in [6.07, 6.45) is 4.40. The fourth-order valence-corrected chi connectivity index (χ4v) is 2.78. The van der Waals surface area contributed by atoms with Gasteiger partial charge in [-0.05, 0) is 44.0 Å². The molecule has 0 amide bonds. The van der Waals surface area contributed by atoms with Crippen LogP contribution in [0.15, 0.2) is 23.2 Å². The Hall–Kier alpha value is -0.960. The van der Waals surface area contributed by atoms with Gasteiger partial charge in [-0.2, -0.15) is 0 Å².